The molecule has 0 saturated carbocycles. The summed E-state index contributed by atoms with van der Waals surface area (Å²) in [5.41, 5.74) is 2.25. The number of esters is 4. The molecule has 0 aliphatic carbocycles. The van der Waals surface area contributed by atoms with E-state index in [1.165, 1.54) is 52.5 Å². The molecule has 0 aliphatic heterocycles. The number of unbranched alkanes of at least 4 members (excludes halogenated alkanes) is 4. The summed E-state index contributed by atoms with van der Waals surface area (Å²) in [4.78, 5) is 56.6. The summed E-state index contributed by atoms with van der Waals surface area (Å²) in [5.74, 6) is -1.15. The molecule has 2 rings (SSSR count). The molecule has 0 radical (unpaired) electrons. The van der Waals surface area contributed by atoms with E-state index < -0.39 is 16.8 Å². The minimum absolute atomic E-state index is 0.197. The smallest absolute Gasteiger partial charge is 0.465 e. The topological polar surface area (TPSA) is 122 Å². The lowest BCUT2D eigenvalue weighted by molar-refractivity contribution is -0.152. The number of carbonyl (C=O) groups excluding carboxylic acids is 5. The zero-order valence-electron chi connectivity index (χ0n) is 32.5. The van der Waals surface area contributed by atoms with Crippen LogP contribution in [0.15, 0.2) is 54.6 Å². The summed E-state index contributed by atoms with van der Waals surface area (Å²) in [6.07, 6.45) is 9.35. The molecule has 0 spiro atoms. The molecule has 0 aromatic heterocycles. The first-order valence-electron chi connectivity index (χ1n) is 18.0. The van der Waals surface area contributed by atoms with Crippen molar-refractivity contribution in [3.8, 4) is 0 Å². The first-order valence-corrected chi connectivity index (χ1v) is 23.3. The van der Waals surface area contributed by atoms with Crippen LogP contribution in [-0.4, -0.2) is 67.5 Å². The van der Waals surface area contributed by atoms with Crippen molar-refractivity contribution in [2.75, 3.05) is 26.4 Å². The molecule has 0 heterocycles. The monoisotopic (exact) mass is 814 g/mol. The second-order valence-electron chi connectivity index (χ2n) is 13.8. The summed E-state index contributed by atoms with van der Waals surface area (Å²) in [5, 5.41) is 0. The quantitative estimate of drug-likeness (QED) is 0.0399. The molecule has 296 valence electrons. The van der Waals surface area contributed by atoms with Gasteiger partial charge in [-0.3, -0.25) is 24.0 Å². The first-order chi connectivity index (χ1) is 24.9. The molecule has 0 unspecified atom stereocenters. The lowest BCUT2D eigenvalue weighted by Gasteiger charge is -2.28. The van der Waals surface area contributed by atoms with Gasteiger partial charge in [-0.2, -0.15) is 0 Å². The van der Waals surface area contributed by atoms with Gasteiger partial charge in [0, 0.05) is 50.5 Å². The second-order valence-corrected chi connectivity index (χ2v) is 20.2. The van der Waals surface area contributed by atoms with Crippen LogP contribution in [0.3, 0.4) is 0 Å². The van der Waals surface area contributed by atoms with E-state index in [2.05, 4.69) is 19.1 Å². The van der Waals surface area contributed by atoms with Crippen LogP contribution in [-0.2, 0) is 51.0 Å². The van der Waals surface area contributed by atoms with E-state index in [-0.39, 0.29) is 61.5 Å². The van der Waals surface area contributed by atoms with Crippen molar-refractivity contribution in [2.45, 2.75) is 113 Å². The van der Waals surface area contributed by atoms with Gasteiger partial charge in [0.2, 0.25) is 0 Å². The highest BCUT2D eigenvalue weighted by Crippen LogP contribution is 2.27. The summed E-state index contributed by atoms with van der Waals surface area (Å²) < 4.78 is 20.5. The number of ether oxygens (including phenoxy) is 4. The Bertz CT molecular complexity index is 1320. The van der Waals surface area contributed by atoms with Crippen LogP contribution >= 0.6 is 30.1 Å². The Morgan fingerprint density at radius 2 is 0.925 bits per heavy atom. The molecular formula is C40H58AlCl3O9. The van der Waals surface area contributed by atoms with Crippen LogP contribution in [0.5, 0.6) is 0 Å². The molecule has 0 N–H and O–H groups in total. The molecular weight excluding hydrogens is 758 g/mol. The fourth-order valence-electron chi connectivity index (χ4n) is 4.90. The molecule has 2 aromatic carbocycles. The standard InChI is InChI=1S/C24H36O5.C16H22O4.Al.3ClH/c1-5-6-7-8-9-10-23(27)22-13-11-21(12-14-22)15-16-24(4,17-28-19(2)25)18-29-20(3)26;1-13(17)19-11-16(3,12-20-14(2)18)10-9-15-7-5-4-6-8-15;;;;/h11-14H,5-10,15-18H2,1-4H3;4-8H,9-12H2,1-3H3;;3*1H/q;;+3;;;/p-3. The van der Waals surface area contributed by atoms with Gasteiger partial charge in [0.15, 0.2) is 5.78 Å². The molecule has 0 amide bonds. The summed E-state index contributed by atoms with van der Waals surface area (Å²) in [6.45, 7) is 12.5. The SMILES string of the molecule is CC(=O)OCC(C)(CCc1ccccc1)COC(C)=O.CCCCCCCC(=O)c1ccc(CCC(C)(COC(C)=O)COC(C)=O)cc1.[Cl][Al]([Cl])[Cl]. The predicted octanol–water partition coefficient (Wildman–Crippen LogP) is 9.73. The van der Waals surface area contributed by atoms with Crippen molar-refractivity contribution >= 4 is 71.2 Å². The second kappa shape index (κ2) is 28.8. The maximum Gasteiger partial charge on any atom is 0.643 e. The predicted molar refractivity (Wildman–Crippen MR) is 213 cm³/mol. The fourth-order valence-corrected chi connectivity index (χ4v) is 4.90. The third-order valence-electron chi connectivity index (χ3n) is 8.16. The van der Waals surface area contributed by atoms with E-state index in [9.17, 15) is 24.0 Å². The van der Waals surface area contributed by atoms with E-state index in [1.54, 1.807) is 0 Å². The number of hydrogen-bond donors (Lipinski definition) is 0. The average Bonchev–Trinajstić information content (AvgIpc) is 3.10. The number of rotatable bonds is 21. The van der Waals surface area contributed by atoms with Crippen molar-refractivity contribution < 1.29 is 42.9 Å². The Balaban J connectivity index is 0.000000975. The van der Waals surface area contributed by atoms with Crippen LogP contribution < -0.4 is 0 Å². The van der Waals surface area contributed by atoms with E-state index in [4.69, 9.17) is 49.1 Å². The zero-order chi connectivity index (χ0) is 40.3. The maximum atomic E-state index is 12.3. The highest BCUT2D eigenvalue weighted by molar-refractivity contribution is 7.54. The number of hydrogen-bond acceptors (Lipinski definition) is 9. The highest BCUT2D eigenvalue weighted by atomic mass is 35.8. The van der Waals surface area contributed by atoms with Crippen LogP contribution in [0.1, 0.15) is 121 Å². The maximum absolute atomic E-state index is 12.3. The van der Waals surface area contributed by atoms with Gasteiger partial charge < -0.3 is 18.9 Å². The first kappa shape index (κ1) is 50.4. The summed E-state index contributed by atoms with van der Waals surface area (Å²) in [6, 6.07) is 17.8. The van der Waals surface area contributed by atoms with Crippen LogP contribution in [0, 0.1) is 10.8 Å². The van der Waals surface area contributed by atoms with Gasteiger partial charge in [-0.05, 0) is 43.2 Å². The lowest BCUT2D eigenvalue weighted by atomic mass is 9.85. The van der Waals surface area contributed by atoms with Gasteiger partial charge in [-0.15, -0.1) is 0 Å². The van der Waals surface area contributed by atoms with Gasteiger partial charge in [-0.1, -0.05) is 101 Å². The number of ketones is 1. The van der Waals surface area contributed by atoms with Crippen LogP contribution in [0.2, 0.25) is 0 Å². The molecule has 2 aromatic rings. The zero-order valence-corrected chi connectivity index (χ0v) is 35.9. The number of aryl methyl sites for hydroxylation is 2. The minimum Gasteiger partial charge on any atom is -0.465 e. The lowest BCUT2D eigenvalue weighted by Crippen LogP contribution is -2.31. The van der Waals surface area contributed by atoms with Gasteiger partial charge in [0.1, 0.15) is 0 Å². The van der Waals surface area contributed by atoms with Crippen molar-refractivity contribution in [2.24, 2.45) is 10.8 Å². The third kappa shape index (κ3) is 28.5. The van der Waals surface area contributed by atoms with Crippen LogP contribution in [0.25, 0.3) is 0 Å². The number of carbonyl (C=O) groups is 5. The van der Waals surface area contributed by atoms with Gasteiger partial charge >= 0.3 is 35.3 Å². The number of benzene rings is 2. The summed E-state index contributed by atoms with van der Waals surface area (Å²) in [7, 11) is 14.8. The van der Waals surface area contributed by atoms with Crippen molar-refractivity contribution in [3.05, 3.63) is 71.3 Å². The highest BCUT2D eigenvalue weighted by Gasteiger charge is 2.28. The largest absolute Gasteiger partial charge is 0.643 e. The molecule has 13 heteroatoms. The van der Waals surface area contributed by atoms with Crippen molar-refractivity contribution in [1.82, 2.24) is 0 Å². The van der Waals surface area contributed by atoms with E-state index in [0.717, 1.165) is 43.2 Å². The molecule has 9 nitrogen and oxygen atoms in total. The van der Waals surface area contributed by atoms with Gasteiger partial charge in [0.05, 0.1) is 26.4 Å². The Labute approximate surface area is 333 Å². The molecule has 0 bridgehead atoms. The van der Waals surface area contributed by atoms with Crippen LogP contribution in [0.4, 0.5) is 0 Å². The molecule has 0 fully saturated rings. The normalized spacial score (nSPS) is 10.8. The third-order valence-corrected chi connectivity index (χ3v) is 8.16. The Kier molecular flexibility index (Phi) is 27.4. The van der Waals surface area contributed by atoms with Gasteiger partial charge in [0.25, 0.3) is 0 Å². The van der Waals surface area contributed by atoms with Crippen molar-refractivity contribution in [1.29, 1.82) is 0 Å². The fraction of sp³-hybridized carbons (Fsp3) is 0.575. The Hall–Kier alpha value is -2.61. The number of halogens is 3. The summed E-state index contributed by atoms with van der Waals surface area (Å²) >= 11 is -1.72. The van der Waals surface area contributed by atoms with E-state index >= 15 is 0 Å². The Morgan fingerprint density at radius 3 is 1.28 bits per heavy atom. The van der Waals surface area contributed by atoms with Gasteiger partial charge in [-0.25, -0.2) is 30.1 Å². The minimum atomic E-state index is -1.72. The Morgan fingerprint density at radius 1 is 0.566 bits per heavy atom. The number of Topliss-reactive ketones (excluding diaryl/α,β-unsaturated/α-hetero) is 1. The van der Waals surface area contributed by atoms with E-state index in [1.807, 2.05) is 56.3 Å². The van der Waals surface area contributed by atoms with Crippen molar-refractivity contribution in [3.63, 3.8) is 0 Å². The van der Waals surface area contributed by atoms with E-state index in [0.29, 0.717) is 12.8 Å². The molecule has 53 heavy (non-hydrogen) atoms. The average molecular weight is 816 g/mol. The molecule has 0 atom stereocenters. The molecule has 0 saturated heterocycles. The molecule has 0 aliphatic rings.